The summed E-state index contributed by atoms with van der Waals surface area (Å²) in [5.74, 6) is 0.713. The van der Waals surface area contributed by atoms with Crippen molar-refractivity contribution in [3.8, 4) is 17.1 Å². The first kappa shape index (κ1) is 12.2. The number of aromatic nitrogens is 2. The number of benzene rings is 1. The zero-order valence-corrected chi connectivity index (χ0v) is 10.0. The second-order valence-corrected chi connectivity index (χ2v) is 3.88. The van der Waals surface area contributed by atoms with Crippen molar-refractivity contribution in [1.29, 1.82) is 0 Å². The number of aryl methyl sites for hydroxylation is 1. The van der Waals surface area contributed by atoms with Gasteiger partial charge in [0.25, 0.3) is 0 Å². The van der Waals surface area contributed by atoms with Crippen LogP contribution in [0.25, 0.3) is 11.4 Å². The summed E-state index contributed by atoms with van der Waals surface area (Å²) in [4.78, 5) is 17.8. The first-order valence-electron chi connectivity index (χ1n) is 5.59. The number of aliphatic carboxylic acids is 1. The van der Waals surface area contributed by atoms with E-state index in [4.69, 9.17) is 9.84 Å². The Labute approximate surface area is 104 Å². The molecule has 0 saturated heterocycles. The van der Waals surface area contributed by atoms with Crippen molar-refractivity contribution in [2.75, 3.05) is 7.11 Å². The van der Waals surface area contributed by atoms with Gasteiger partial charge in [0, 0.05) is 17.5 Å². The molecule has 18 heavy (non-hydrogen) atoms. The molecule has 94 valence electrons. The highest BCUT2D eigenvalue weighted by atomic mass is 16.5. The minimum Gasteiger partial charge on any atom is -0.497 e. The molecule has 0 aliphatic rings. The third kappa shape index (κ3) is 2.88. The van der Waals surface area contributed by atoms with Crippen LogP contribution in [0, 0.1) is 0 Å². The zero-order chi connectivity index (χ0) is 13.0. The summed E-state index contributed by atoms with van der Waals surface area (Å²) in [6.07, 6.45) is 2.23. The zero-order valence-electron chi connectivity index (χ0n) is 10.0. The van der Waals surface area contributed by atoms with Crippen molar-refractivity contribution in [2.45, 2.75) is 12.8 Å². The molecule has 0 aliphatic heterocycles. The standard InChI is InChI=1S/C13H14N2O3/c1-18-11-5-2-9(3-6-11)13-14-8-10(15-13)4-7-12(16)17/h2-3,5-6,8H,4,7H2,1H3,(H,14,15)(H,16,17). The second kappa shape index (κ2) is 5.35. The molecule has 0 spiro atoms. The maximum absolute atomic E-state index is 10.5. The molecule has 1 heterocycles. The summed E-state index contributed by atoms with van der Waals surface area (Å²) < 4.78 is 5.08. The molecule has 0 bridgehead atoms. The summed E-state index contributed by atoms with van der Waals surface area (Å²) in [6.45, 7) is 0. The lowest BCUT2D eigenvalue weighted by Gasteiger charge is -2.00. The summed E-state index contributed by atoms with van der Waals surface area (Å²) in [5.41, 5.74) is 1.76. The Morgan fingerprint density at radius 1 is 1.39 bits per heavy atom. The number of nitrogens with one attached hydrogen (secondary N) is 1. The minimum atomic E-state index is -0.810. The van der Waals surface area contributed by atoms with Gasteiger partial charge < -0.3 is 14.8 Å². The van der Waals surface area contributed by atoms with Crippen LogP contribution < -0.4 is 4.74 Å². The van der Waals surface area contributed by atoms with Crippen molar-refractivity contribution in [3.05, 3.63) is 36.2 Å². The Morgan fingerprint density at radius 3 is 2.72 bits per heavy atom. The van der Waals surface area contributed by atoms with E-state index in [0.29, 0.717) is 6.42 Å². The minimum absolute atomic E-state index is 0.101. The molecule has 1 aromatic carbocycles. The smallest absolute Gasteiger partial charge is 0.303 e. The van der Waals surface area contributed by atoms with E-state index in [0.717, 1.165) is 22.8 Å². The van der Waals surface area contributed by atoms with Gasteiger partial charge in [0.05, 0.1) is 13.5 Å². The van der Waals surface area contributed by atoms with Crippen LogP contribution in [-0.2, 0) is 11.2 Å². The molecule has 0 amide bonds. The van der Waals surface area contributed by atoms with Crippen molar-refractivity contribution in [2.24, 2.45) is 0 Å². The van der Waals surface area contributed by atoms with Crippen LogP contribution in [0.15, 0.2) is 30.5 Å². The van der Waals surface area contributed by atoms with Gasteiger partial charge in [0.2, 0.25) is 0 Å². The van der Waals surface area contributed by atoms with Crippen LogP contribution >= 0.6 is 0 Å². The maximum atomic E-state index is 10.5. The lowest BCUT2D eigenvalue weighted by Crippen LogP contribution is -1.97. The molecule has 0 aliphatic carbocycles. The number of H-pyrrole nitrogens is 1. The normalized spacial score (nSPS) is 10.3. The number of ether oxygens (including phenoxy) is 1. The Morgan fingerprint density at radius 2 is 2.11 bits per heavy atom. The van der Waals surface area contributed by atoms with Crippen molar-refractivity contribution in [3.63, 3.8) is 0 Å². The van der Waals surface area contributed by atoms with Crippen LogP contribution in [0.1, 0.15) is 12.1 Å². The molecule has 2 rings (SSSR count). The predicted octanol–water partition coefficient (Wildman–Crippen LogP) is 2.10. The first-order chi connectivity index (χ1) is 8.69. The SMILES string of the molecule is COc1ccc(-c2ncc(CCC(=O)O)[nH]2)cc1. The molecule has 0 saturated carbocycles. The second-order valence-electron chi connectivity index (χ2n) is 3.88. The monoisotopic (exact) mass is 246 g/mol. The molecule has 1 aromatic heterocycles. The number of rotatable bonds is 5. The Hall–Kier alpha value is -2.30. The van der Waals surface area contributed by atoms with E-state index < -0.39 is 5.97 Å². The van der Waals surface area contributed by atoms with Crippen LogP contribution in [0.3, 0.4) is 0 Å². The number of carboxylic acids is 1. The van der Waals surface area contributed by atoms with E-state index in [1.54, 1.807) is 13.3 Å². The molecule has 0 fully saturated rings. The van der Waals surface area contributed by atoms with E-state index in [2.05, 4.69) is 9.97 Å². The molecule has 5 heteroatoms. The lowest BCUT2D eigenvalue weighted by atomic mass is 10.2. The van der Waals surface area contributed by atoms with Crippen LogP contribution in [-0.4, -0.2) is 28.2 Å². The molecular formula is C13H14N2O3. The van der Waals surface area contributed by atoms with Crippen LogP contribution in [0.5, 0.6) is 5.75 Å². The third-order valence-corrected chi connectivity index (χ3v) is 2.60. The molecule has 0 radical (unpaired) electrons. The van der Waals surface area contributed by atoms with Gasteiger partial charge in [0.15, 0.2) is 0 Å². The van der Waals surface area contributed by atoms with E-state index >= 15 is 0 Å². The van der Waals surface area contributed by atoms with Gasteiger partial charge >= 0.3 is 5.97 Å². The molecule has 2 aromatic rings. The number of aromatic amines is 1. The van der Waals surface area contributed by atoms with Gasteiger partial charge in [0.1, 0.15) is 11.6 Å². The average molecular weight is 246 g/mol. The molecule has 0 atom stereocenters. The van der Waals surface area contributed by atoms with E-state index in [1.807, 2.05) is 24.3 Å². The summed E-state index contributed by atoms with van der Waals surface area (Å²) in [5, 5.41) is 8.61. The number of imidazole rings is 1. The molecule has 5 nitrogen and oxygen atoms in total. The van der Waals surface area contributed by atoms with Gasteiger partial charge in [-0.2, -0.15) is 0 Å². The van der Waals surface area contributed by atoms with Gasteiger partial charge in [-0.25, -0.2) is 4.98 Å². The third-order valence-electron chi connectivity index (χ3n) is 2.60. The van der Waals surface area contributed by atoms with Gasteiger partial charge in [-0.15, -0.1) is 0 Å². The van der Waals surface area contributed by atoms with Gasteiger partial charge in [-0.1, -0.05) is 0 Å². The number of methoxy groups -OCH3 is 1. The summed E-state index contributed by atoms with van der Waals surface area (Å²) in [7, 11) is 1.62. The number of hydrogen-bond donors (Lipinski definition) is 2. The Balaban J connectivity index is 2.10. The molecule has 0 unspecified atom stereocenters. The summed E-state index contributed by atoms with van der Waals surface area (Å²) >= 11 is 0. The molecule has 2 N–H and O–H groups in total. The quantitative estimate of drug-likeness (QED) is 0.847. The van der Waals surface area contributed by atoms with Crippen molar-refractivity contribution in [1.82, 2.24) is 9.97 Å². The van der Waals surface area contributed by atoms with Crippen LogP contribution in [0.2, 0.25) is 0 Å². The predicted molar refractivity (Wildman–Crippen MR) is 66.5 cm³/mol. The van der Waals surface area contributed by atoms with E-state index in [-0.39, 0.29) is 6.42 Å². The topological polar surface area (TPSA) is 75.2 Å². The number of nitrogens with zero attached hydrogens (tertiary/aromatic N) is 1. The fourth-order valence-corrected chi connectivity index (χ4v) is 1.62. The fraction of sp³-hybridized carbons (Fsp3) is 0.231. The lowest BCUT2D eigenvalue weighted by molar-refractivity contribution is -0.136. The largest absolute Gasteiger partial charge is 0.497 e. The van der Waals surface area contributed by atoms with Gasteiger partial charge in [-0.05, 0) is 30.7 Å². The average Bonchev–Trinajstić information content (AvgIpc) is 2.85. The number of hydrogen-bond acceptors (Lipinski definition) is 3. The highest BCUT2D eigenvalue weighted by Crippen LogP contribution is 2.19. The first-order valence-corrected chi connectivity index (χ1v) is 5.59. The maximum Gasteiger partial charge on any atom is 0.303 e. The van der Waals surface area contributed by atoms with E-state index in [9.17, 15) is 4.79 Å². The highest BCUT2D eigenvalue weighted by Gasteiger charge is 2.05. The van der Waals surface area contributed by atoms with Gasteiger partial charge in [-0.3, -0.25) is 4.79 Å². The summed E-state index contributed by atoms with van der Waals surface area (Å²) in [6, 6.07) is 7.51. The number of carboxylic acid groups (broad SMARTS) is 1. The number of carbonyl (C=O) groups is 1. The van der Waals surface area contributed by atoms with E-state index in [1.165, 1.54) is 0 Å². The highest BCUT2D eigenvalue weighted by molar-refractivity contribution is 5.67. The molecular weight excluding hydrogens is 232 g/mol. The van der Waals surface area contributed by atoms with Crippen molar-refractivity contribution < 1.29 is 14.6 Å². The Kier molecular flexibility index (Phi) is 3.62. The van der Waals surface area contributed by atoms with Crippen molar-refractivity contribution >= 4 is 5.97 Å². The fourth-order valence-electron chi connectivity index (χ4n) is 1.62. The Bertz CT molecular complexity index is 531. The van der Waals surface area contributed by atoms with Crippen LogP contribution in [0.4, 0.5) is 0 Å².